The fourth-order valence-corrected chi connectivity index (χ4v) is 3.49. The van der Waals surface area contributed by atoms with Crippen LogP contribution >= 0.6 is 24.0 Å². The lowest BCUT2D eigenvalue weighted by molar-refractivity contribution is -0.0495. The third-order valence-corrected chi connectivity index (χ3v) is 5.11. The van der Waals surface area contributed by atoms with E-state index in [4.69, 9.17) is 0 Å². The summed E-state index contributed by atoms with van der Waals surface area (Å²) in [5.74, 6) is 0.878. The largest absolute Gasteiger partial charge is 0.433 e. The summed E-state index contributed by atoms with van der Waals surface area (Å²) in [6.07, 6.45) is 3.51. The molecule has 3 N–H and O–H groups in total. The van der Waals surface area contributed by atoms with Gasteiger partial charge < -0.3 is 25.4 Å². The minimum Gasteiger partial charge on any atom is -0.433 e. The molecule has 1 saturated heterocycles. The number of alkyl halides is 2. The Morgan fingerprint density at radius 3 is 2.79 bits per heavy atom. The molecule has 158 valence electrons. The Bertz CT molecular complexity index is 659. The van der Waals surface area contributed by atoms with Gasteiger partial charge in [0.1, 0.15) is 5.75 Å². The van der Waals surface area contributed by atoms with E-state index in [0.29, 0.717) is 24.7 Å². The van der Waals surface area contributed by atoms with Crippen LogP contribution in [-0.2, 0) is 0 Å². The number of para-hydroxylation sites is 2. The molecule has 1 heterocycles. The van der Waals surface area contributed by atoms with Crippen molar-refractivity contribution >= 4 is 35.6 Å². The first-order valence-corrected chi connectivity index (χ1v) is 9.55. The quantitative estimate of drug-likeness (QED) is 0.299. The Labute approximate surface area is 181 Å². The van der Waals surface area contributed by atoms with E-state index in [9.17, 15) is 13.9 Å². The fraction of sp³-hybridized carbons (Fsp3) is 0.632. The molecule has 6 nitrogen and oxygen atoms in total. The lowest BCUT2D eigenvalue weighted by atomic mass is 9.80. The summed E-state index contributed by atoms with van der Waals surface area (Å²) < 4.78 is 29.9. The number of halogens is 3. The Balaban J connectivity index is 0.00000280. The van der Waals surface area contributed by atoms with Crippen LogP contribution in [0.4, 0.5) is 14.5 Å². The second-order valence-corrected chi connectivity index (χ2v) is 7.20. The maximum atomic E-state index is 12.6. The lowest BCUT2D eigenvalue weighted by Gasteiger charge is -2.35. The molecule has 1 aliphatic carbocycles. The maximum Gasteiger partial charge on any atom is 0.387 e. The fourth-order valence-electron chi connectivity index (χ4n) is 3.49. The molecule has 1 unspecified atom stereocenters. The van der Waals surface area contributed by atoms with Crippen molar-refractivity contribution in [3.63, 3.8) is 0 Å². The Morgan fingerprint density at radius 2 is 2.14 bits per heavy atom. The van der Waals surface area contributed by atoms with Gasteiger partial charge in [0, 0.05) is 25.7 Å². The molecule has 1 atom stereocenters. The van der Waals surface area contributed by atoms with Crippen molar-refractivity contribution in [3.8, 4) is 5.75 Å². The van der Waals surface area contributed by atoms with Crippen molar-refractivity contribution in [3.05, 3.63) is 24.3 Å². The number of nitrogens with zero attached hydrogens (tertiary/aromatic N) is 2. The van der Waals surface area contributed by atoms with Crippen molar-refractivity contribution in [1.82, 2.24) is 10.6 Å². The van der Waals surface area contributed by atoms with E-state index >= 15 is 0 Å². The highest BCUT2D eigenvalue weighted by molar-refractivity contribution is 14.0. The van der Waals surface area contributed by atoms with Crippen LogP contribution in [0.2, 0.25) is 0 Å². The van der Waals surface area contributed by atoms with Crippen LogP contribution in [0.3, 0.4) is 0 Å². The monoisotopic (exact) mass is 510 g/mol. The molecular weight excluding hydrogens is 481 g/mol. The average molecular weight is 510 g/mol. The first kappa shape index (κ1) is 22.9. The Morgan fingerprint density at radius 1 is 1.39 bits per heavy atom. The van der Waals surface area contributed by atoms with Gasteiger partial charge in [-0.15, -0.1) is 24.0 Å². The van der Waals surface area contributed by atoms with Gasteiger partial charge in [0.25, 0.3) is 0 Å². The van der Waals surface area contributed by atoms with Crippen LogP contribution in [0, 0.1) is 0 Å². The van der Waals surface area contributed by atoms with Crippen molar-refractivity contribution in [2.75, 3.05) is 31.1 Å². The topological polar surface area (TPSA) is 69.1 Å². The number of rotatable bonds is 7. The van der Waals surface area contributed by atoms with Crippen molar-refractivity contribution in [1.29, 1.82) is 0 Å². The molecule has 2 aliphatic rings. The van der Waals surface area contributed by atoms with Crippen LogP contribution in [0.25, 0.3) is 0 Å². The minimum atomic E-state index is -2.84. The van der Waals surface area contributed by atoms with Crippen molar-refractivity contribution < 1.29 is 18.6 Å². The summed E-state index contributed by atoms with van der Waals surface area (Å²) in [5.41, 5.74) is 0.0168. The van der Waals surface area contributed by atoms with E-state index in [2.05, 4.69) is 20.4 Å². The SMILES string of the molecule is CCNC(=NCC1(O)CCC1)NC1CCN(c2ccccc2OC(F)F)C1.I. The molecule has 3 rings (SSSR count). The van der Waals surface area contributed by atoms with Crippen LogP contribution in [-0.4, -0.2) is 55.5 Å². The molecule has 1 aromatic carbocycles. The van der Waals surface area contributed by atoms with Gasteiger partial charge in [0.15, 0.2) is 5.96 Å². The van der Waals surface area contributed by atoms with E-state index in [1.807, 2.05) is 17.9 Å². The Kier molecular flexibility index (Phi) is 8.54. The molecule has 0 bridgehead atoms. The van der Waals surface area contributed by atoms with Gasteiger partial charge in [-0.3, -0.25) is 4.99 Å². The molecule has 1 aromatic rings. The molecule has 0 amide bonds. The van der Waals surface area contributed by atoms with Crippen LogP contribution in [0.1, 0.15) is 32.6 Å². The number of anilines is 1. The first-order chi connectivity index (χ1) is 13.0. The zero-order chi connectivity index (χ0) is 19.3. The zero-order valence-corrected chi connectivity index (χ0v) is 18.4. The summed E-state index contributed by atoms with van der Waals surface area (Å²) in [5, 5.41) is 16.8. The van der Waals surface area contributed by atoms with Gasteiger partial charge in [-0.05, 0) is 44.7 Å². The Hall–Kier alpha value is -1.36. The molecule has 0 radical (unpaired) electrons. The molecule has 0 spiro atoms. The molecule has 9 heteroatoms. The number of hydrogen-bond donors (Lipinski definition) is 3. The number of nitrogens with one attached hydrogen (secondary N) is 2. The number of benzene rings is 1. The molecule has 2 fully saturated rings. The predicted molar refractivity (Wildman–Crippen MR) is 117 cm³/mol. The summed E-state index contributed by atoms with van der Waals surface area (Å²) >= 11 is 0. The van der Waals surface area contributed by atoms with Gasteiger partial charge >= 0.3 is 6.61 Å². The van der Waals surface area contributed by atoms with E-state index in [-0.39, 0.29) is 35.8 Å². The van der Waals surface area contributed by atoms with Gasteiger partial charge in [-0.2, -0.15) is 8.78 Å². The normalized spacial score (nSPS) is 21.1. The third-order valence-electron chi connectivity index (χ3n) is 5.11. The zero-order valence-electron chi connectivity index (χ0n) is 16.0. The predicted octanol–water partition coefficient (Wildman–Crippen LogP) is 2.95. The molecule has 28 heavy (non-hydrogen) atoms. The molecular formula is C19H29F2IN4O2. The van der Waals surface area contributed by atoms with Crippen molar-refractivity contribution in [2.24, 2.45) is 4.99 Å². The molecule has 1 aliphatic heterocycles. The first-order valence-electron chi connectivity index (χ1n) is 9.55. The third kappa shape index (κ3) is 6.07. The number of guanidine groups is 1. The van der Waals surface area contributed by atoms with Gasteiger partial charge in [0.2, 0.25) is 0 Å². The summed E-state index contributed by atoms with van der Waals surface area (Å²) in [7, 11) is 0. The van der Waals surface area contributed by atoms with Crippen LogP contribution in [0.15, 0.2) is 29.3 Å². The maximum absolute atomic E-state index is 12.6. The second kappa shape index (κ2) is 10.4. The lowest BCUT2D eigenvalue weighted by Crippen LogP contribution is -2.46. The summed E-state index contributed by atoms with van der Waals surface area (Å²) in [6.45, 7) is 1.68. The smallest absolute Gasteiger partial charge is 0.387 e. The highest BCUT2D eigenvalue weighted by Gasteiger charge is 2.34. The molecule has 0 aromatic heterocycles. The minimum absolute atomic E-state index is 0. The van der Waals surface area contributed by atoms with E-state index in [1.54, 1.807) is 18.2 Å². The van der Waals surface area contributed by atoms with Crippen LogP contribution in [0.5, 0.6) is 5.75 Å². The van der Waals surface area contributed by atoms with Gasteiger partial charge in [-0.1, -0.05) is 12.1 Å². The highest BCUT2D eigenvalue weighted by Crippen LogP contribution is 2.32. The number of ether oxygens (including phenoxy) is 1. The number of hydrogen-bond acceptors (Lipinski definition) is 4. The standard InChI is InChI=1S/C19H28F2N4O2.HI/c1-2-22-18(23-13-19(26)9-5-10-19)24-14-8-11-25(12-14)15-6-3-4-7-16(15)27-17(20)21;/h3-4,6-7,14,17,26H,2,5,8-13H2,1H3,(H2,22,23,24);1H. The number of aliphatic imine (C=N–C) groups is 1. The average Bonchev–Trinajstić information content (AvgIpc) is 3.06. The molecule has 1 saturated carbocycles. The second-order valence-electron chi connectivity index (χ2n) is 7.20. The van der Waals surface area contributed by atoms with Crippen molar-refractivity contribution in [2.45, 2.75) is 50.9 Å². The number of aliphatic hydroxyl groups is 1. The van der Waals surface area contributed by atoms with E-state index in [0.717, 1.165) is 38.8 Å². The van der Waals surface area contributed by atoms with E-state index < -0.39 is 12.2 Å². The summed E-state index contributed by atoms with van der Waals surface area (Å²) in [6, 6.07) is 7.00. The summed E-state index contributed by atoms with van der Waals surface area (Å²) in [4.78, 5) is 6.57. The van der Waals surface area contributed by atoms with Crippen LogP contribution < -0.4 is 20.3 Å². The van der Waals surface area contributed by atoms with E-state index in [1.165, 1.54) is 0 Å². The van der Waals surface area contributed by atoms with Gasteiger partial charge in [-0.25, -0.2) is 0 Å². The highest BCUT2D eigenvalue weighted by atomic mass is 127. The van der Waals surface area contributed by atoms with Gasteiger partial charge in [0.05, 0.1) is 17.8 Å².